The first-order valence-electron chi connectivity index (χ1n) is 7.83. The number of nitrogens with zero attached hydrogens (tertiary/aromatic N) is 1. The van der Waals surface area contributed by atoms with Gasteiger partial charge in [0.05, 0.1) is 5.75 Å². The Kier molecular flexibility index (Phi) is 6.05. The number of sulfonamides is 1. The highest BCUT2D eigenvalue weighted by atomic mass is 35.5. The summed E-state index contributed by atoms with van der Waals surface area (Å²) in [5, 5.41) is 0.255. The number of hydrogen-bond donors (Lipinski definition) is 1. The molecule has 0 radical (unpaired) electrons. The summed E-state index contributed by atoms with van der Waals surface area (Å²) in [6, 6.07) is 4.05. The molecule has 1 aromatic carbocycles. The van der Waals surface area contributed by atoms with Crippen LogP contribution in [-0.4, -0.2) is 39.5 Å². The quantitative estimate of drug-likeness (QED) is 0.845. The highest BCUT2D eigenvalue weighted by Gasteiger charge is 2.35. The van der Waals surface area contributed by atoms with E-state index in [0.29, 0.717) is 6.54 Å². The van der Waals surface area contributed by atoms with Gasteiger partial charge in [0, 0.05) is 22.7 Å². The summed E-state index contributed by atoms with van der Waals surface area (Å²) in [6.07, 6.45) is 5.34. The first-order valence-corrected chi connectivity index (χ1v) is 9.86. The number of halogens is 2. The molecule has 0 heterocycles. The van der Waals surface area contributed by atoms with E-state index >= 15 is 0 Å². The van der Waals surface area contributed by atoms with Crippen LogP contribution in [0, 0.1) is 5.82 Å². The minimum absolute atomic E-state index is 0.129. The van der Waals surface area contributed by atoms with Crippen LogP contribution in [0.5, 0.6) is 0 Å². The highest BCUT2D eigenvalue weighted by molar-refractivity contribution is 7.88. The first kappa shape index (κ1) is 18.6. The lowest BCUT2D eigenvalue weighted by Crippen LogP contribution is -2.53. The Balaban J connectivity index is 2.05. The molecule has 4 nitrogen and oxygen atoms in total. The molecule has 1 aromatic rings. The third-order valence-corrected chi connectivity index (χ3v) is 6.23. The second-order valence-electron chi connectivity index (χ2n) is 6.50. The molecule has 130 valence electrons. The van der Waals surface area contributed by atoms with Gasteiger partial charge < -0.3 is 4.90 Å². The lowest BCUT2D eigenvalue weighted by Gasteiger charge is -2.43. The molecule has 1 aliphatic rings. The van der Waals surface area contributed by atoms with Crippen molar-refractivity contribution < 1.29 is 12.8 Å². The van der Waals surface area contributed by atoms with Gasteiger partial charge in [-0.3, -0.25) is 0 Å². The van der Waals surface area contributed by atoms with E-state index in [1.54, 1.807) is 0 Å². The van der Waals surface area contributed by atoms with E-state index in [1.807, 2.05) is 14.1 Å². The maximum absolute atomic E-state index is 13.8. The Morgan fingerprint density at radius 3 is 2.48 bits per heavy atom. The van der Waals surface area contributed by atoms with Crippen molar-refractivity contribution in [3.8, 4) is 0 Å². The van der Waals surface area contributed by atoms with Crippen LogP contribution < -0.4 is 4.72 Å². The average Bonchev–Trinajstić information content (AvgIpc) is 2.49. The molecule has 0 aromatic heterocycles. The van der Waals surface area contributed by atoms with Crippen LogP contribution in [0.4, 0.5) is 4.39 Å². The Bertz CT molecular complexity index is 643. The molecule has 1 saturated carbocycles. The van der Waals surface area contributed by atoms with Gasteiger partial charge in [0.15, 0.2) is 0 Å². The van der Waals surface area contributed by atoms with E-state index in [2.05, 4.69) is 9.62 Å². The molecule has 1 fully saturated rings. The molecule has 1 aliphatic carbocycles. The number of hydrogen-bond acceptors (Lipinski definition) is 3. The van der Waals surface area contributed by atoms with Crippen LogP contribution in [0.1, 0.15) is 37.7 Å². The van der Waals surface area contributed by atoms with Crippen LogP contribution in [-0.2, 0) is 15.8 Å². The van der Waals surface area contributed by atoms with Crippen molar-refractivity contribution in [2.45, 2.75) is 43.4 Å². The van der Waals surface area contributed by atoms with Gasteiger partial charge in [-0.2, -0.15) is 0 Å². The predicted octanol–water partition coefficient (Wildman–Crippen LogP) is 3.16. The van der Waals surface area contributed by atoms with Crippen molar-refractivity contribution in [3.05, 3.63) is 34.6 Å². The summed E-state index contributed by atoms with van der Waals surface area (Å²) in [6.45, 7) is 0.359. The van der Waals surface area contributed by atoms with Crippen LogP contribution in [0.3, 0.4) is 0 Å². The summed E-state index contributed by atoms with van der Waals surface area (Å²) in [4.78, 5) is 2.11. The SMILES string of the molecule is CN(C)C1(CNS(=O)(=O)Cc2ccc(Cl)cc2F)CCCCC1. The summed E-state index contributed by atoms with van der Waals surface area (Å²) in [5.41, 5.74) is -0.0198. The van der Waals surface area contributed by atoms with Crippen molar-refractivity contribution in [2.75, 3.05) is 20.6 Å². The third-order valence-electron chi connectivity index (χ3n) is 4.71. The van der Waals surface area contributed by atoms with Gasteiger partial charge in [-0.1, -0.05) is 36.9 Å². The zero-order chi connectivity index (χ0) is 17.1. The molecular weight excluding hydrogens is 339 g/mol. The average molecular weight is 363 g/mol. The molecule has 0 spiro atoms. The van der Waals surface area contributed by atoms with E-state index in [0.717, 1.165) is 31.7 Å². The first-order chi connectivity index (χ1) is 10.7. The molecule has 0 aliphatic heterocycles. The van der Waals surface area contributed by atoms with E-state index < -0.39 is 15.8 Å². The van der Waals surface area contributed by atoms with Crippen molar-refractivity contribution in [1.82, 2.24) is 9.62 Å². The highest BCUT2D eigenvalue weighted by Crippen LogP contribution is 2.31. The minimum Gasteiger partial charge on any atom is -0.302 e. The largest absolute Gasteiger partial charge is 0.302 e. The van der Waals surface area contributed by atoms with Gasteiger partial charge in [0.2, 0.25) is 10.0 Å². The lowest BCUT2D eigenvalue weighted by atomic mass is 9.81. The topological polar surface area (TPSA) is 49.4 Å². The zero-order valence-corrected chi connectivity index (χ0v) is 15.2. The molecule has 0 amide bonds. The van der Waals surface area contributed by atoms with E-state index in [9.17, 15) is 12.8 Å². The standard InChI is InChI=1S/C16H24ClFN2O2S/c1-20(2)16(8-4-3-5-9-16)12-19-23(21,22)11-13-6-7-14(17)10-15(13)18/h6-7,10,19H,3-5,8-9,11-12H2,1-2H3. The Morgan fingerprint density at radius 1 is 1.26 bits per heavy atom. The molecule has 0 saturated heterocycles. The van der Waals surface area contributed by atoms with Crippen molar-refractivity contribution in [1.29, 1.82) is 0 Å². The molecule has 2 rings (SSSR count). The van der Waals surface area contributed by atoms with Crippen LogP contribution in [0.25, 0.3) is 0 Å². The van der Waals surface area contributed by atoms with E-state index in [1.165, 1.54) is 18.6 Å². The van der Waals surface area contributed by atoms with Crippen LogP contribution in [0.2, 0.25) is 5.02 Å². The minimum atomic E-state index is -3.60. The van der Waals surface area contributed by atoms with Gasteiger partial charge in [0.25, 0.3) is 0 Å². The fourth-order valence-electron chi connectivity index (χ4n) is 3.13. The van der Waals surface area contributed by atoms with Crippen LogP contribution >= 0.6 is 11.6 Å². The molecule has 23 heavy (non-hydrogen) atoms. The summed E-state index contributed by atoms with van der Waals surface area (Å²) >= 11 is 5.69. The molecule has 7 heteroatoms. The maximum atomic E-state index is 13.8. The van der Waals surface area contributed by atoms with Gasteiger partial charge in [-0.25, -0.2) is 17.5 Å². The van der Waals surface area contributed by atoms with E-state index in [4.69, 9.17) is 11.6 Å². The van der Waals surface area contributed by atoms with Gasteiger partial charge in [0.1, 0.15) is 5.82 Å². The molecule has 0 bridgehead atoms. The Labute approximate surface area is 143 Å². The maximum Gasteiger partial charge on any atom is 0.215 e. The smallest absolute Gasteiger partial charge is 0.215 e. The van der Waals surface area contributed by atoms with E-state index in [-0.39, 0.29) is 21.9 Å². The fourth-order valence-corrected chi connectivity index (χ4v) is 4.52. The van der Waals surface area contributed by atoms with Crippen LogP contribution in [0.15, 0.2) is 18.2 Å². The third kappa shape index (κ3) is 4.89. The molecule has 0 unspecified atom stereocenters. The Hall–Kier alpha value is -0.690. The number of rotatable bonds is 6. The van der Waals surface area contributed by atoms with Crippen molar-refractivity contribution in [2.24, 2.45) is 0 Å². The summed E-state index contributed by atoms with van der Waals surface area (Å²) in [7, 11) is 0.368. The Morgan fingerprint density at radius 2 is 1.91 bits per heavy atom. The summed E-state index contributed by atoms with van der Waals surface area (Å²) < 4.78 is 41.1. The number of benzene rings is 1. The van der Waals surface area contributed by atoms with Gasteiger partial charge >= 0.3 is 0 Å². The van der Waals surface area contributed by atoms with Gasteiger partial charge in [-0.15, -0.1) is 0 Å². The van der Waals surface area contributed by atoms with Crippen molar-refractivity contribution in [3.63, 3.8) is 0 Å². The summed E-state index contributed by atoms with van der Waals surface area (Å²) in [5.74, 6) is -0.970. The zero-order valence-electron chi connectivity index (χ0n) is 13.6. The predicted molar refractivity (Wildman–Crippen MR) is 91.5 cm³/mol. The number of nitrogens with one attached hydrogen (secondary N) is 1. The second kappa shape index (κ2) is 7.47. The van der Waals surface area contributed by atoms with Gasteiger partial charge in [-0.05, 0) is 39.1 Å². The molecular formula is C16H24ClFN2O2S. The van der Waals surface area contributed by atoms with Crippen molar-refractivity contribution >= 4 is 21.6 Å². The molecule has 1 N–H and O–H groups in total. The fraction of sp³-hybridized carbons (Fsp3) is 0.625. The second-order valence-corrected chi connectivity index (χ2v) is 8.74. The molecule has 0 atom stereocenters. The normalized spacial score (nSPS) is 18.3. The lowest BCUT2D eigenvalue weighted by molar-refractivity contribution is 0.105. The monoisotopic (exact) mass is 362 g/mol. The number of likely N-dealkylation sites (N-methyl/N-ethyl adjacent to an activating group) is 1.